The molecule has 31 heavy (non-hydrogen) atoms. The fourth-order valence-corrected chi connectivity index (χ4v) is 3.34. The maximum atomic E-state index is 11.9. The lowest BCUT2D eigenvalue weighted by Crippen LogP contribution is -2.48. The van der Waals surface area contributed by atoms with Gasteiger partial charge < -0.3 is 4.74 Å². The molecule has 8 nitrogen and oxygen atoms in total. The van der Waals surface area contributed by atoms with Gasteiger partial charge in [-0.25, -0.2) is 26.5 Å². The molecule has 1 aromatic carbocycles. The van der Waals surface area contributed by atoms with E-state index in [1.807, 2.05) is 62.6 Å². The van der Waals surface area contributed by atoms with Crippen LogP contribution in [0.3, 0.4) is 0 Å². The maximum Gasteiger partial charge on any atom is 0.350 e. The first kappa shape index (κ1) is 22.2. The molecule has 0 saturated carbocycles. The van der Waals surface area contributed by atoms with Crippen molar-refractivity contribution in [2.24, 2.45) is 11.7 Å². The number of aromatic nitrogens is 2. The zero-order valence-electron chi connectivity index (χ0n) is 18.3. The van der Waals surface area contributed by atoms with Gasteiger partial charge in [0, 0.05) is 22.4 Å². The second-order valence-corrected chi connectivity index (χ2v) is 7.29. The molecule has 162 valence electrons. The highest BCUT2D eigenvalue weighted by molar-refractivity contribution is 5.91. The number of rotatable bonds is 6. The zero-order chi connectivity index (χ0) is 22.5. The van der Waals surface area contributed by atoms with Crippen LogP contribution < -0.4 is 26.9 Å². The Morgan fingerprint density at radius 1 is 1.10 bits per heavy atom. The lowest BCUT2D eigenvalue weighted by molar-refractivity contribution is 0.246. The molecule has 0 radical (unpaired) electrons. The number of hydrogen-bond acceptors (Lipinski definition) is 6. The van der Waals surface area contributed by atoms with Crippen LogP contribution in [0.2, 0.25) is 0 Å². The van der Waals surface area contributed by atoms with E-state index in [4.69, 9.17) is 21.4 Å². The van der Waals surface area contributed by atoms with Crippen molar-refractivity contribution in [1.82, 2.24) is 15.4 Å². The lowest BCUT2D eigenvalue weighted by Gasteiger charge is -2.21. The Kier molecular flexibility index (Phi) is 6.84. The molecule has 2 heterocycles. The van der Waals surface area contributed by atoms with E-state index in [0.29, 0.717) is 11.6 Å². The van der Waals surface area contributed by atoms with E-state index >= 15 is 0 Å². The summed E-state index contributed by atoms with van der Waals surface area (Å²) >= 11 is 0. The fraction of sp³-hybridized carbons (Fsp3) is 0.261. The summed E-state index contributed by atoms with van der Waals surface area (Å²) in [6.45, 7) is 8.10. The summed E-state index contributed by atoms with van der Waals surface area (Å²) < 4.78 is 6.05. The van der Waals surface area contributed by atoms with E-state index in [9.17, 15) is 4.79 Å². The van der Waals surface area contributed by atoms with Gasteiger partial charge in [0.1, 0.15) is 6.61 Å². The van der Waals surface area contributed by atoms with Gasteiger partial charge in [-0.15, -0.1) is 0 Å². The van der Waals surface area contributed by atoms with Crippen molar-refractivity contribution in [3.05, 3.63) is 70.5 Å². The van der Waals surface area contributed by atoms with Crippen LogP contribution in [0.15, 0.2) is 42.5 Å². The van der Waals surface area contributed by atoms with Gasteiger partial charge in [0.2, 0.25) is 5.88 Å². The SMILES string of the molecule is CCc1cccc(-c2cc(C)c(OCc3c(C)cccc3N(N)C(=O)NN)nc2C)n1. The highest BCUT2D eigenvalue weighted by Gasteiger charge is 2.17. The van der Waals surface area contributed by atoms with Gasteiger partial charge in [0.05, 0.1) is 17.1 Å². The van der Waals surface area contributed by atoms with E-state index in [2.05, 4.69) is 11.9 Å². The molecule has 0 unspecified atom stereocenters. The van der Waals surface area contributed by atoms with Crippen LogP contribution in [-0.4, -0.2) is 16.0 Å². The van der Waals surface area contributed by atoms with Crippen LogP contribution in [-0.2, 0) is 13.0 Å². The molecule has 5 N–H and O–H groups in total. The first-order valence-corrected chi connectivity index (χ1v) is 10.1. The number of hydrazine groups is 2. The number of nitrogens with zero attached hydrogens (tertiary/aromatic N) is 3. The van der Waals surface area contributed by atoms with Crippen molar-refractivity contribution in [1.29, 1.82) is 0 Å². The molecule has 3 rings (SSSR count). The molecular weight excluding hydrogens is 392 g/mol. The predicted molar refractivity (Wildman–Crippen MR) is 121 cm³/mol. The molecule has 0 bridgehead atoms. The molecule has 0 fully saturated rings. The Morgan fingerprint density at radius 2 is 1.84 bits per heavy atom. The summed E-state index contributed by atoms with van der Waals surface area (Å²) in [5.74, 6) is 11.6. The molecule has 0 saturated heterocycles. The number of benzene rings is 1. The first-order valence-electron chi connectivity index (χ1n) is 10.1. The molecule has 2 aromatic heterocycles. The number of carbonyl (C=O) groups excluding carboxylic acids is 1. The zero-order valence-corrected chi connectivity index (χ0v) is 18.3. The van der Waals surface area contributed by atoms with Crippen LogP contribution in [0.5, 0.6) is 5.88 Å². The Bertz CT molecular complexity index is 1100. The van der Waals surface area contributed by atoms with Gasteiger partial charge in [0.15, 0.2) is 0 Å². The van der Waals surface area contributed by atoms with E-state index in [-0.39, 0.29) is 6.61 Å². The molecule has 0 atom stereocenters. The molecule has 0 spiro atoms. The number of hydrogen-bond donors (Lipinski definition) is 3. The Labute approximate surface area is 182 Å². The summed E-state index contributed by atoms with van der Waals surface area (Å²) in [7, 11) is 0. The fourth-order valence-electron chi connectivity index (χ4n) is 3.34. The monoisotopic (exact) mass is 420 g/mol. The van der Waals surface area contributed by atoms with E-state index in [0.717, 1.165) is 50.8 Å². The topological polar surface area (TPSA) is 119 Å². The summed E-state index contributed by atoms with van der Waals surface area (Å²) in [5, 5.41) is 0.965. The minimum Gasteiger partial charge on any atom is -0.473 e. The van der Waals surface area contributed by atoms with Crippen LogP contribution in [0.1, 0.15) is 35.0 Å². The number of carbonyl (C=O) groups is 1. The van der Waals surface area contributed by atoms with Crippen molar-refractivity contribution in [2.75, 3.05) is 5.01 Å². The number of ether oxygens (including phenoxy) is 1. The van der Waals surface area contributed by atoms with Crippen molar-refractivity contribution < 1.29 is 9.53 Å². The van der Waals surface area contributed by atoms with Crippen molar-refractivity contribution in [3.63, 3.8) is 0 Å². The van der Waals surface area contributed by atoms with Crippen molar-refractivity contribution in [2.45, 2.75) is 40.7 Å². The molecule has 0 aliphatic carbocycles. The smallest absolute Gasteiger partial charge is 0.350 e. The van der Waals surface area contributed by atoms with Crippen LogP contribution in [0.25, 0.3) is 11.3 Å². The van der Waals surface area contributed by atoms with Gasteiger partial charge in [-0.2, -0.15) is 0 Å². The average molecular weight is 421 g/mol. The standard InChI is InChI=1S/C23H28N6O2/c1-5-17-9-7-10-20(27-17)18-12-15(3)22(26-16(18)4)31-13-19-14(2)8-6-11-21(19)29(25)23(30)28-24/h6-12H,5,13,24-25H2,1-4H3,(H,28,30). The largest absolute Gasteiger partial charge is 0.473 e. The third-order valence-electron chi connectivity index (χ3n) is 5.14. The maximum absolute atomic E-state index is 11.9. The van der Waals surface area contributed by atoms with Gasteiger partial charge in [-0.3, -0.25) is 10.4 Å². The van der Waals surface area contributed by atoms with Crippen molar-refractivity contribution in [3.8, 4) is 17.1 Å². The summed E-state index contributed by atoms with van der Waals surface area (Å²) in [6.07, 6.45) is 0.875. The molecule has 3 aromatic rings. The van der Waals surface area contributed by atoms with Crippen LogP contribution >= 0.6 is 0 Å². The highest BCUT2D eigenvalue weighted by atomic mass is 16.5. The third-order valence-corrected chi connectivity index (χ3v) is 5.14. The minimum absolute atomic E-state index is 0.198. The summed E-state index contributed by atoms with van der Waals surface area (Å²) in [5.41, 5.74) is 8.88. The van der Waals surface area contributed by atoms with Gasteiger partial charge in [-0.1, -0.05) is 25.1 Å². The summed E-state index contributed by atoms with van der Waals surface area (Å²) in [4.78, 5) is 21.2. The molecule has 2 amide bonds. The second-order valence-electron chi connectivity index (χ2n) is 7.29. The minimum atomic E-state index is -0.622. The van der Waals surface area contributed by atoms with Gasteiger partial charge in [0.25, 0.3) is 0 Å². The number of anilines is 1. The predicted octanol–water partition coefficient (Wildman–Crippen LogP) is 3.47. The first-order chi connectivity index (χ1) is 14.8. The molecule has 8 heteroatoms. The van der Waals surface area contributed by atoms with E-state index in [1.165, 1.54) is 0 Å². The van der Waals surface area contributed by atoms with Crippen molar-refractivity contribution >= 4 is 11.7 Å². The Balaban J connectivity index is 1.88. The molecular formula is C23H28N6O2. The van der Waals surface area contributed by atoms with E-state index in [1.54, 1.807) is 6.07 Å². The Hall–Kier alpha value is -3.49. The lowest BCUT2D eigenvalue weighted by atomic mass is 10.1. The highest BCUT2D eigenvalue weighted by Crippen LogP contribution is 2.29. The molecule has 0 aliphatic rings. The Morgan fingerprint density at radius 3 is 2.55 bits per heavy atom. The quantitative estimate of drug-likeness (QED) is 0.319. The number of nitrogens with two attached hydrogens (primary N) is 2. The van der Waals surface area contributed by atoms with Gasteiger partial charge >= 0.3 is 6.03 Å². The number of nitrogens with one attached hydrogen (secondary N) is 1. The summed E-state index contributed by atoms with van der Waals surface area (Å²) in [6, 6.07) is 12.9. The van der Waals surface area contributed by atoms with Crippen LogP contribution in [0, 0.1) is 20.8 Å². The molecule has 0 aliphatic heterocycles. The van der Waals surface area contributed by atoms with E-state index < -0.39 is 6.03 Å². The number of amides is 2. The van der Waals surface area contributed by atoms with Gasteiger partial charge in [-0.05, 0) is 57.0 Å². The third kappa shape index (κ3) is 4.82. The number of aryl methyl sites for hydroxylation is 4. The van der Waals surface area contributed by atoms with Crippen LogP contribution in [0.4, 0.5) is 10.5 Å². The normalized spacial score (nSPS) is 10.6. The average Bonchev–Trinajstić information content (AvgIpc) is 2.78. The second kappa shape index (κ2) is 9.55. The number of urea groups is 1. The number of pyridine rings is 2.